The van der Waals surface area contributed by atoms with Gasteiger partial charge in [0.25, 0.3) is 0 Å². The fraction of sp³-hybridized carbons (Fsp3) is 0.312. The number of thiophene rings is 1. The molecule has 0 spiro atoms. The lowest BCUT2D eigenvalue weighted by Crippen LogP contribution is -2.25. The van der Waals surface area contributed by atoms with Crippen LogP contribution in [0.2, 0.25) is 0 Å². The summed E-state index contributed by atoms with van der Waals surface area (Å²) in [5.74, 6) is -0.424. The normalized spacial score (nSPS) is 13.8. The first kappa shape index (κ1) is 14.2. The summed E-state index contributed by atoms with van der Waals surface area (Å²) in [5.41, 5.74) is 3.15. The zero-order valence-corrected chi connectivity index (χ0v) is 12.4. The molecule has 0 radical (unpaired) electrons. The van der Waals surface area contributed by atoms with Crippen molar-refractivity contribution in [3.63, 3.8) is 0 Å². The van der Waals surface area contributed by atoms with Crippen molar-refractivity contribution in [3.8, 4) is 0 Å². The minimum absolute atomic E-state index is 0.144. The van der Waals surface area contributed by atoms with Crippen LogP contribution in [-0.4, -0.2) is 12.5 Å². The van der Waals surface area contributed by atoms with E-state index in [0.717, 1.165) is 23.2 Å². The number of carbonyl (C=O) groups excluding carboxylic acids is 1. The monoisotopic (exact) mass is 304 g/mol. The Morgan fingerprint density at radius 1 is 1.38 bits per heavy atom. The second-order valence-corrected chi connectivity index (χ2v) is 5.95. The van der Waals surface area contributed by atoms with Crippen LogP contribution in [0.15, 0.2) is 29.0 Å². The Bertz CT molecular complexity index is 640. The summed E-state index contributed by atoms with van der Waals surface area (Å²) in [6.45, 7) is 1.47. The molecule has 1 aromatic carbocycles. The number of aryl methyl sites for hydroxylation is 1. The van der Waals surface area contributed by atoms with Crippen molar-refractivity contribution < 1.29 is 9.18 Å². The molecule has 0 atom stereocenters. The van der Waals surface area contributed by atoms with E-state index in [1.54, 1.807) is 17.4 Å². The van der Waals surface area contributed by atoms with Crippen LogP contribution in [0.4, 0.5) is 10.1 Å². The molecule has 1 aliphatic rings. The van der Waals surface area contributed by atoms with E-state index >= 15 is 0 Å². The summed E-state index contributed by atoms with van der Waals surface area (Å²) in [5, 5.41) is 9.92. The molecule has 0 fully saturated rings. The maximum absolute atomic E-state index is 14.4. The fourth-order valence-electron chi connectivity index (χ4n) is 2.54. The summed E-state index contributed by atoms with van der Waals surface area (Å²) in [4.78, 5) is 11.9. The third-order valence-electron chi connectivity index (χ3n) is 3.70. The van der Waals surface area contributed by atoms with Gasteiger partial charge in [0, 0.05) is 13.0 Å². The Kier molecular flexibility index (Phi) is 4.31. The van der Waals surface area contributed by atoms with Crippen molar-refractivity contribution in [2.75, 3.05) is 11.9 Å². The minimum Gasteiger partial charge on any atom is -0.324 e. The number of nitrogens with one attached hydrogen (secondary N) is 2. The second-order valence-electron chi connectivity index (χ2n) is 5.17. The Balaban J connectivity index is 1.65. The average Bonchev–Trinajstić information content (AvgIpc) is 3.02. The highest BCUT2D eigenvalue weighted by Gasteiger charge is 2.17. The van der Waals surface area contributed by atoms with Crippen LogP contribution in [0.25, 0.3) is 0 Å². The summed E-state index contributed by atoms with van der Waals surface area (Å²) in [6, 6.07) is 5.55. The Hall–Kier alpha value is -1.72. The van der Waals surface area contributed by atoms with Crippen LogP contribution in [0.1, 0.15) is 23.1 Å². The van der Waals surface area contributed by atoms with Gasteiger partial charge in [0.2, 0.25) is 5.91 Å². The summed E-state index contributed by atoms with van der Waals surface area (Å²) >= 11 is 1.62. The number of rotatable bonds is 4. The molecule has 0 unspecified atom stereocenters. The van der Waals surface area contributed by atoms with E-state index in [9.17, 15) is 9.18 Å². The molecule has 3 rings (SSSR count). The molecule has 0 aliphatic carbocycles. The zero-order chi connectivity index (χ0) is 14.7. The first-order valence-corrected chi connectivity index (χ1v) is 8.00. The van der Waals surface area contributed by atoms with Crippen LogP contribution in [0, 0.1) is 5.82 Å². The van der Waals surface area contributed by atoms with E-state index in [1.807, 2.05) is 22.9 Å². The highest BCUT2D eigenvalue weighted by atomic mass is 32.1. The molecule has 110 valence electrons. The van der Waals surface area contributed by atoms with Gasteiger partial charge in [-0.2, -0.15) is 11.3 Å². The van der Waals surface area contributed by atoms with Crippen molar-refractivity contribution in [3.05, 3.63) is 51.5 Å². The summed E-state index contributed by atoms with van der Waals surface area (Å²) < 4.78 is 14.4. The highest BCUT2D eigenvalue weighted by molar-refractivity contribution is 7.07. The van der Waals surface area contributed by atoms with E-state index in [4.69, 9.17) is 0 Å². The molecule has 2 aromatic rings. The number of carbonyl (C=O) groups is 1. The predicted octanol–water partition coefficient (Wildman–Crippen LogP) is 3.10. The first-order valence-electron chi connectivity index (χ1n) is 7.06. The third kappa shape index (κ3) is 3.31. The average molecular weight is 304 g/mol. The van der Waals surface area contributed by atoms with Crippen LogP contribution in [-0.2, 0) is 24.2 Å². The molecule has 0 saturated carbocycles. The van der Waals surface area contributed by atoms with Crippen LogP contribution in [0.3, 0.4) is 0 Å². The number of anilines is 1. The van der Waals surface area contributed by atoms with Gasteiger partial charge in [0.15, 0.2) is 0 Å². The van der Waals surface area contributed by atoms with Gasteiger partial charge >= 0.3 is 0 Å². The molecule has 21 heavy (non-hydrogen) atoms. The Morgan fingerprint density at radius 2 is 2.29 bits per heavy atom. The molecule has 3 nitrogen and oxygen atoms in total. The summed E-state index contributed by atoms with van der Waals surface area (Å²) in [6.07, 6.45) is 1.72. The van der Waals surface area contributed by atoms with Gasteiger partial charge in [0.05, 0.1) is 5.69 Å². The standard InChI is InChI=1S/C16H17FN2OS/c17-16-13-5-7-18-9-12(13)2-3-14(16)19-15(20)4-1-11-6-8-21-10-11/h2-3,6,8,10,18H,1,4-5,7,9H2,(H,19,20). The predicted molar refractivity (Wildman–Crippen MR) is 83.1 cm³/mol. The van der Waals surface area contributed by atoms with Gasteiger partial charge in [-0.3, -0.25) is 4.79 Å². The molecule has 2 N–H and O–H groups in total. The van der Waals surface area contributed by atoms with Crippen molar-refractivity contribution in [1.29, 1.82) is 0 Å². The number of halogens is 1. The molecule has 0 bridgehead atoms. The molecular formula is C16H17FN2OS. The molecule has 1 aliphatic heterocycles. The topological polar surface area (TPSA) is 41.1 Å². The SMILES string of the molecule is O=C(CCc1ccsc1)Nc1ccc2c(c1F)CCNC2. The summed E-state index contributed by atoms with van der Waals surface area (Å²) in [7, 11) is 0. The number of hydrogen-bond donors (Lipinski definition) is 2. The van der Waals surface area contributed by atoms with Crippen molar-refractivity contribution in [2.24, 2.45) is 0 Å². The zero-order valence-electron chi connectivity index (χ0n) is 11.6. The number of hydrogen-bond acceptors (Lipinski definition) is 3. The van der Waals surface area contributed by atoms with Crippen LogP contribution < -0.4 is 10.6 Å². The fourth-order valence-corrected chi connectivity index (χ4v) is 3.24. The van der Waals surface area contributed by atoms with Crippen molar-refractivity contribution >= 4 is 22.9 Å². The lowest BCUT2D eigenvalue weighted by atomic mass is 9.99. The number of benzene rings is 1. The van der Waals surface area contributed by atoms with E-state index in [0.29, 0.717) is 31.5 Å². The quantitative estimate of drug-likeness (QED) is 0.911. The van der Waals surface area contributed by atoms with Gasteiger partial charge in [-0.25, -0.2) is 4.39 Å². The van der Waals surface area contributed by atoms with E-state index < -0.39 is 0 Å². The second kappa shape index (κ2) is 6.37. The lowest BCUT2D eigenvalue weighted by Gasteiger charge is -2.19. The Morgan fingerprint density at radius 3 is 3.10 bits per heavy atom. The molecule has 0 saturated heterocycles. The highest BCUT2D eigenvalue weighted by Crippen LogP contribution is 2.24. The van der Waals surface area contributed by atoms with Crippen molar-refractivity contribution in [1.82, 2.24) is 5.32 Å². The van der Waals surface area contributed by atoms with Gasteiger partial charge in [-0.15, -0.1) is 0 Å². The maximum atomic E-state index is 14.4. The number of fused-ring (bicyclic) bond motifs is 1. The van der Waals surface area contributed by atoms with Gasteiger partial charge in [-0.1, -0.05) is 6.07 Å². The van der Waals surface area contributed by atoms with E-state index in [-0.39, 0.29) is 11.7 Å². The minimum atomic E-state index is -0.280. The largest absolute Gasteiger partial charge is 0.324 e. The molecule has 2 heterocycles. The Labute approximate surface area is 127 Å². The van der Waals surface area contributed by atoms with Gasteiger partial charge in [-0.05, 0) is 59.0 Å². The third-order valence-corrected chi connectivity index (χ3v) is 4.43. The first-order chi connectivity index (χ1) is 10.2. The maximum Gasteiger partial charge on any atom is 0.224 e. The molecule has 5 heteroatoms. The smallest absolute Gasteiger partial charge is 0.224 e. The molecule has 1 aromatic heterocycles. The molecule has 1 amide bonds. The lowest BCUT2D eigenvalue weighted by molar-refractivity contribution is -0.116. The van der Waals surface area contributed by atoms with E-state index in [2.05, 4.69) is 10.6 Å². The van der Waals surface area contributed by atoms with Crippen LogP contribution >= 0.6 is 11.3 Å². The number of amides is 1. The molecular weight excluding hydrogens is 287 g/mol. The van der Waals surface area contributed by atoms with Gasteiger partial charge in [0.1, 0.15) is 5.82 Å². The van der Waals surface area contributed by atoms with Crippen molar-refractivity contribution in [2.45, 2.75) is 25.8 Å². The van der Waals surface area contributed by atoms with Gasteiger partial charge < -0.3 is 10.6 Å². The van der Waals surface area contributed by atoms with E-state index in [1.165, 1.54) is 0 Å². The van der Waals surface area contributed by atoms with Crippen LogP contribution in [0.5, 0.6) is 0 Å².